The molecule has 1 aliphatic carbocycles. The predicted molar refractivity (Wildman–Crippen MR) is 104 cm³/mol. The molecular weight excluding hydrogens is 342 g/mol. The van der Waals surface area contributed by atoms with Crippen molar-refractivity contribution in [2.75, 3.05) is 6.54 Å². The van der Waals surface area contributed by atoms with Gasteiger partial charge in [-0.25, -0.2) is 0 Å². The van der Waals surface area contributed by atoms with E-state index in [1.54, 1.807) is 13.2 Å². The molecule has 3 rings (SSSR count). The molecule has 1 N–H and O–H groups in total. The van der Waals surface area contributed by atoms with E-state index in [0.717, 1.165) is 41.4 Å². The largest absolute Gasteiger partial charge is 0.464 e. The Morgan fingerprint density at radius 3 is 2.93 bits per heavy atom. The van der Waals surface area contributed by atoms with Crippen LogP contribution in [-0.4, -0.2) is 24.5 Å². The quantitative estimate of drug-likeness (QED) is 0.586. The van der Waals surface area contributed by atoms with Gasteiger partial charge in [-0.1, -0.05) is 23.8 Å². The average molecular weight is 369 g/mol. The van der Waals surface area contributed by atoms with E-state index in [0.29, 0.717) is 6.54 Å². The summed E-state index contributed by atoms with van der Waals surface area (Å²) in [5.74, 6) is -0.691. The van der Waals surface area contributed by atoms with Crippen LogP contribution in [0.3, 0.4) is 0 Å². The topological polar surface area (TPSA) is 68.5 Å². The van der Waals surface area contributed by atoms with E-state index >= 15 is 0 Å². The molecule has 1 atom stereocenters. The van der Waals surface area contributed by atoms with Crippen LogP contribution in [0.15, 0.2) is 40.5 Å². The Kier molecular flexibility index (Phi) is 6.32. The minimum absolute atomic E-state index is 0.0839. The van der Waals surface area contributed by atoms with Crippen molar-refractivity contribution >= 4 is 22.8 Å². The Hall–Kier alpha value is -2.56. The van der Waals surface area contributed by atoms with E-state index in [1.807, 2.05) is 25.1 Å². The summed E-state index contributed by atoms with van der Waals surface area (Å²) in [5.41, 5.74) is 4.03. The molecule has 144 valence electrons. The standard InChI is InChI=1S/C22H27NO4/c1-15-8-9-19-18(14-26-20(19)12-15)13-21(24)27-16(2)22(25)23-11-10-17-6-4-3-5-7-17/h6,8-9,12,14,16H,3-5,7,10-11,13H2,1-2H3,(H,23,25)/t16-/m1/s1. The number of furan rings is 1. The van der Waals surface area contributed by atoms with Crippen LogP contribution >= 0.6 is 0 Å². The zero-order valence-corrected chi connectivity index (χ0v) is 16.0. The van der Waals surface area contributed by atoms with Crippen molar-refractivity contribution in [2.24, 2.45) is 0 Å². The number of aryl methyl sites for hydroxylation is 1. The first-order chi connectivity index (χ1) is 13.0. The fourth-order valence-corrected chi connectivity index (χ4v) is 3.40. The van der Waals surface area contributed by atoms with Gasteiger partial charge in [0, 0.05) is 17.5 Å². The molecule has 1 aliphatic rings. The van der Waals surface area contributed by atoms with Crippen LogP contribution in [-0.2, 0) is 20.7 Å². The van der Waals surface area contributed by atoms with Crippen LogP contribution in [0.4, 0.5) is 0 Å². The molecule has 0 aliphatic heterocycles. The van der Waals surface area contributed by atoms with Crippen LogP contribution < -0.4 is 5.32 Å². The molecule has 0 saturated carbocycles. The molecule has 1 aromatic heterocycles. The molecule has 0 radical (unpaired) electrons. The minimum atomic E-state index is -0.807. The van der Waals surface area contributed by atoms with Crippen LogP contribution in [0.25, 0.3) is 11.0 Å². The fraction of sp³-hybridized carbons (Fsp3) is 0.455. The van der Waals surface area contributed by atoms with Crippen molar-refractivity contribution in [3.8, 4) is 0 Å². The molecule has 1 aromatic carbocycles. The van der Waals surface area contributed by atoms with Gasteiger partial charge in [-0.15, -0.1) is 0 Å². The molecule has 5 nitrogen and oxygen atoms in total. The Bertz CT molecular complexity index is 849. The van der Waals surface area contributed by atoms with Gasteiger partial charge in [-0.3, -0.25) is 9.59 Å². The molecule has 5 heteroatoms. The van der Waals surface area contributed by atoms with Crippen LogP contribution in [0.1, 0.15) is 50.2 Å². The van der Waals surface area contributed by atoms with E-state index in [9.17, 15) is 9.59 Å². The molecule has 27 heavy (non-hydrogen) atoms. The third kappa shape index (κ3) is 5.22. The van der Waals surface area contributed by atoms with Gasteiger partial charge in [-0.05, 0) is 57.6 Å². The maximum Gasteiger partial charge on any atom is 0.311 e. The normalized spacial score (nSPS) is 15.3. The summed E-state index contributed by atoms with van der Waals surface area (Å²) in [6.07, 6.45) is 8.75. The van der Waals surface area contributed by atoms with Crippen molar-refractivity contribution in [3.63, 3.8) is 0 Å². The highest BCUT2D eigenvalue weighted by Gasteiger charge is 2.19. The number of fused-ring (bicyclic) bond motifs is 1. The number of rotatable bonds is 7. The van der Waals surface area contributed by atoms with Crippen molar-refractivity contribution in [2.45, 2.75) is 58.5 Å². The lowest BCUT2D eigenvalue weighted by molar-refractivity contribution is -0.154. The lowest BCUT2D eigenvalue weighted by atomic mass is 9.97. The number of allylic oxidation sites excluding steroid dienone is 1. The summed E-state index contributed by atoms with van der Waals surface area (Å²) in [6.45, 7) is 4.17. The first kappa shape index (κ1) is 19.2. The van der Waals surface area contributed by atoms with E-state index in [2.05, 4.69) is 11.4 Å². The Morgan fingerprint density at radius 2 is 2.15 bits per heavy atom. The average Bonchev–Trinajstić information content (AvgIpc) is 3.04. The SMILES string of the molecule is Cc1ccc2c(CC(=O)O[C@H](C)C(=O)NCCC3=CCCCC3)coc2c1. The Morgan fingerprint density at radius 1 is 1.30 bits per heavy atom. The predicted octanol–water partition coefficient (Wildman–Crippen LogP) is 4.22. The van der Waals surface area contributed by atoms with E-state index in [1.165, 1.54) is 18.4 Å². The third-order valence-corrected chi connectivity index (χ3v) is 4.95. The maximum absolute atomic E-state index is 12.2. The van der Waals surface area contributed by atoms with Crippen molar-refractivity contribution < 1.29 is 18.7 Å². The van der Waals surface area contributed by atoms with Crippen molar-refractivity contribution in [1.82, 2.24) is 5.32 Å². The van der Waals surface area contributed by atoms with E-state index in [4.69, 9.17) is 9.15 Å². The zero-order chi connectivity index (χ0) is 19.2. The third-order valence-electron chi connectivity index (χ3n) is 4.95. The number of hydrogen-bond donors (Lipinski definition) is 1. The monoisotopic (exact) mass is 369 g/mol. The molecule has 0 spiro atoms. The molecular formula is C22H27NO4. The number of esters is 1. The summed E-state index contributed by atoms with van der Waals surface area (Å²) in [6, 6.07) is 5.85. The van der Waals surface area contributed by atoms with Crippen LogP contribution in [0.5, 0.6) is 0 Å². The number of benzene rings is 1. The summed E-state index contributed by atoms with van der Waals surface area (Å²) in [5, 5.41) is 3.75. The summed E-state index contributed by atoms with van der Waals surface area (Å²) in [4.78, 5) is 24.4. The Balaban J connectivity index is 1.46. The number of amides is 1. The van der Waals surface area contributed by atoms with Gasteiger partial charge in [0.05, 0.1) is 12.7 Å². The minimum Gasteiger partial charge on any atom is -0.464 e. The second-order valence-corrected chi connectivity index (χ2v) is 7.22. The number of ether oxygens (including phenoxy) is 1. The first-order valence-corrected chi connectivity index (χ1v) is 9.65. The molecule has 0 bridgehead atoms. The van der Waals surface area contributed by atoms with Gasteiger partial charge in [-0.2, -0.15) is 0 Å². The molecule has 0 fully saturated rings. The smallest absolute Gasteiger partial charge is 0.311 e. The highest BCUT2D eigenvalue weighted by Crippen LogP contribution is 2.23. The summed E-state index contributed by atoms with van der Waals surface area (Å²) < 4.78 is 10.8. The highest BCUT2D eigenvalue weighted by atomic mass is 16.5. The second-order valence-electron chi connectivity index (χ2n) is 7.22. The number of carbonyl (C=O) groups excluding carboxylic acids is 2. The molecule has 0 unspecified atom stereocenters. The second kappa shape index (κ2) is 8.89. The van der Waals surface area contributed by atoms with Gasteiger partial charge >= 0.3 is 5.97 Å². The first-order valence-electron chi connectivity index (χ1n) is 9.65. The number of nitrogens with one attached hydrogen (secondary N) is 1. The zero-order valence-electron chi connectivity index (χ0n) is 16.0. The lowest BCUT2D eigenvalue weighted by Crippen LogP contribution is -2.36. The van der Waals surface area contributed by atoms with Crippen LogP contribution in [0, 0.1) is 6.92 Å². The summed E-state index contributed by atoms with van der Waals surface area (Å²) in [7, 11) is 0. The number of hydrogen-bond acceptors (Lipinski definition) is 4. The van der Waals surface area contributed by atoms with Gasteiger partial charge < -0.3 is 14.5 Å². The fourth-order valence-electron chi connectivity index (χ4n) is 3.40. The van der Waals surface area contributed by atoms with E-state index in [-0.39, 0.29) is 12.3 Å². The van der Waals surface area contributed by atoms with Gasteiger partial charge in [0.15, 0.2) is 6.10 Å². The van der Waals surface area contributed by atoms with Gasteiger partial charge in [0.2, 0.25) is 0 Å². The number of carbonyl (C=O) groups is 2. The molecule has 2 aromatic rings. The molecule has 1 heterocycles. The van der Waals surface area contributed by atoms with Crippen molar-refractivity contribution in [1.29, 1.82) is 0 Å². The van der Waals surface area contributed by atoms with Gasteiger partial charge in [0.25, 0.3) is 5.91 Å². The van der Waals surface area contributed by atoms with E-state index < -0.39 is 12.1 Å². The van der Waals surface area contributed by atoms with Gasteiger partial charge in [0.1, 0.15) is 5.58 Å². The molecule has 1 amide bonds. The van der Waals surface area contributed by atoms with Crippen LogP contribution in [0.2, 0.25) is 0 Å². The highest BCUT2D eigenvalue weighted by molar-refractivity contribution is 5.88. The molecule has 0 saturated heterocycles. The summed E-state index contributed by atoms with van der Waals surface area (Å²) >= 11 is 0. The Labute approximate surface area is 159 Å². The van der Waals surface area contributed by atoms with Crippen molar-refractivity contribution in [3.05, 3.63) is 47.2 Å². The lowest BCUT2D eigenvalue weighted by Gasteiger charge is -2.15. The maximum atomic E-state index is 12.2.